The van der Waals surface area contributed by atoms with E-state index in [0.29, 0.717) is 0 Å². The van der Waals surface area contributed by atoms with Crippen molar-refractivity contribution >= 4 is 11.4 Å². The van der Waals surface area contributed by atoms with Crippen LogP contribution >= 0.6 is 0 Å². The van der Waals surface area contributed by atoms with Gasteiger partial charge in [-0.3, -0.25) is 10.1 Å². The minimum absolute atomic E-state index is 0.00710. The number of anilines is 1. The highest BCUT2D eigenvalue weighted by Crippen LogP contribution is 2.38. The van der Waals surface area contributed by atoms with Gasteiger partial charge in [-0.05, 0) is 50.8 Å². The predicted molar refractivity (Wildman–Crippen MR) is 102 cm³/mol. The summed E-state index contributed by atoms with van der Waals surface area (Å²) in [5.74, 6) is 0.791. The molecular weight excluding hydrogens is 373 g/mol. The molecule has 28 heavy (non-hydrogen) atoms. The van der Waals surface area contributed by atoms with Crippen molar-refractivity contribution in [1.29, 1.82) is 0 Å². The smallest absolute Gasteiger partial charge is 0.423 e. The van der Waals surface area contributed by atoms with Gasteiger partial charge in [-0.1, -0.05) is 24.8 Å². The molecule has 0 bridgehead atoms. The van der Waals surface area contributed by atoms with E-state index in [9.17, 15) is 23.3 Å². The molecule has 1 aromatic rings. The van der Waals surface area contributed by atoms with Crippen LogP contribution in [0.1, 0.15) is 38.2 Å². The minimum atomic E-state index is -4.78. The zero-order chi connectivity index (χ0) is 20.7. The van der Waals surface area contributed by atoms with Gasteiger partial charge in [0.1, 0.15) is 5.56 Å². The molecule has 1 aliphatic rings. The summed E-state index contributed by atoms with van der Waals surface area (Å²) in [6, 6.07) is 3.01. The van der Waals surface area contributed by atoms with Crippen molar-refractivity contribution in [3.8, 4) is 0 Å². The number of hydrogen-bond acceptors (Lipinski definition) is 4. The van der Waals surface area contributed by atoms with Gasteiger partial charge in [-0.15, -0.1) is 0 Å². The number of nitro benzene ring substituents is 1. The second kappa shape index (κ2) is 9.43. The molecule has 1 aromatic carbocycles. The Labute approximate surface area is 161 Å². The van der Waals surface area contributed by atoms with Gasteiger partial charge in [0.2, 0.25) is 0 Å². The number of alkyl halides is 3. The fraction of sp³-hybridized carbons (Fsp3) is 0.400. The monoisotopic (exact) mass is 396 g/mol. The van der Waals surface area contributed by atoms with Gasteiger partial charge in [0, 0.05) is 17.8 Å². The van der Waals surface area contributed by atoms with E-state index in [0.717, 1.165) is 43.6 Å². The summed E-state index contributed by atoms with van der Waals surface area (Å²) in [6.07, 6.45) is 5.45. The van der Waals surface area contributed by atoms with E-state index >= 15 is 0 Å². The van der Waals surface area contributed by atoms with Crippen molar-refractivity contribution in [2.75, 3.05) is 5.32 Å². The third-order valence-corrected chi connectivity index (χ3v) is 4.47. The third-order valence-electron chi connectivity index (χ3n) is 4.47. The average Bonchev–Trinajstić information content (AvgIpc) is 2.62. The van der Waals surface area contributed by atoms with Crippen LogP contribution in [0, 0.1) is 10.1 Å². The fourth-order valence-corrected chi connectivity index (χ4v) is 3.14. The van der Waals surface area contributed by atoms with Gasteiger partial charge in [0.25, 0.3) is 5.69 Å². The lowest BCUT2D eigenvalue weighted by Gasteiger charge is -2.30. The highest BCUT2D eigenvalue weighted by Gasteiger charge is 2.38. The highest BCUT2D eigenvalue weighted by atomic mass is 19.4. The first-order valence-electron chi connectivity index (χ1n) is 8.95. The molecule has 0 aliphatic heterocycles. The molecule has 0 saturated heterocycles. The maximum absolute atomic E-state index is 13.1. The van der Waals surface area contributed by atoms with E-state index in [1.807, 2.05) is 19.1 Å². The molecule has 0 amide bonds. The van der Waals surface area contributed by atoms with Gasteiger partial charge in [0.15, 0.2) is 0 Å². The molecule has 0 aromatic heterocycles. The summed E-state index contributed by atoms with van der Waals surface area (Å²) < 4.78 is 45.1. The van der Waals surface area contributed by atoms with Crippen molar-refractivity contribution in [1.82, 2.24) is 0 Å². The van der Waals surface area contributed by atoms with Crippen LogP contribution in [0.3, 0.4) is 0 Å². The molecular formula is C20H23F3N2O3. The Bertz CT molecular complexity index is 764. The number of ether oxygens (including phenoxy) is 1. The Morgan fingerprint density at radius 3 is 2.54 bits per heavy atom. The van der Waals surface area contributed by atoms with Crippen LogP contribution in [0.15, 0.2) is 54.8 Å². The van der Waals surface area contributed by atoms with Gasteiger partial charge in [0.05, 0.1) is 16.8 Å². The largest absolute Gasteiger partial charge is 0.495 e. The summed E-state index contributed by atoms with van der Waals surface area (Å²) in [6.45, 7) is 5.46. The van der Waals surface area contributed by atoms with Crippen LogP contribution in [0.4, 0.5) is 24.5 Å². The van der Waals surface area contributed by atoms with Gasteiger partial charge >= 0.3 is 6.18 Å². The zero-order valence-corrected chi connectivity index (χ0v) is 15.5. The number of halogens is 3. The number of hydrogen-bond donors (Lipinski definition) is 1. The van der Waals surface area contributed by atoms with E-state index in [4.69, 9.17) is 4.74 Å². The number of allylic oxidation sites excluding steroid dienone is 5. The number of nitro groups is 1. The molecule has 0 radical (unpaired) electrons. The second-order valence-electron chi connectivity index (χ2n) is 6.62. The number of benzene rings is 1. The first-order chi connectivity index (χ1) is 13.2. The molecule has 2 rings (SSSR count). The van der Waals surface area contributed by atoms with E-state index in [1.165, 1.54) is 6.07 Å². The van der Waals surface area contributed by atoms with E-state index < -0.39 is 22.4 Å². The van der Waals surface area contributed by atoms with Crippen molar-refractivity contribution < 1.29 is 22.8 Å². The Hall–Kier alpha value is -2.77. The summed E-state index contributed by atoms with van der Waals surface area (Å²) >= 11 is 0. The van der Waals surface area contributed by atoms with E-state index in [2.05, 4.69) is 11.9 Å². The zero-order valence-electron chi connectivity index (χ0n) is 15.5. The fourth-order valence-electron chi connectivity index (χ4n) is 3.14. The highest BCUT2D eigenvalue weighted by molar-refractivity contribution is 5.55. The lowest BCUT2D eigenvalue weighted by Crippen LogP contribution is -2.29. The first kappa shape index (κ1) is 21.5. The van der Waals surface area contributed by atoms with Crippen LogP contribution in [0.5, 0.6) is 0 Å². The quantitative estimate of drug-likeness (QED) is 0.266. The van der Waals surface area contributed by atoms with E-state index in [-0.39, 0.29) is 17.8 Å². The van der Waals surface area contributed by atoms with Gasteiger partial charge in [-0.25, -0.2) is 0 Å². The average molecular weight is 396 g/mol. The molecule has 0 heterocycles. The first-order valence-corrected chi connectivity index (χ1v) is 8.95. The maximum Gasteiger partial charge on any atom is 0.423 e. The lowest BCUT2D eigenvalue weighted by atomic mass is 9.92. The summed E-state index contributed by atoms with van der Waals surface area (Å²) in [5.41, 5.74) is -1.95. The van der Waals surface area contributed by atoms with Gasteiger partial charge in [-0.2, -0.15) is 13.2 Å². The molecule has 1 aliphatic carbocycles. The SMILES string of the molecule is C=C/C=C\C=C(/C)O[C@H]1CC[C@H](Nc2ccc([N+](=O)[O-])c(C(F)(F)F)c2)CC1. The summed E-state index contributed by atoms with van der Waals surface area (Å²) in [5, 5.41) is 13.9. The Kier molecular flexibility index (Phi) is 7.25. The molecule has 1 N–H and O–H groups in total. The van der Waals surface area contributed by atoms with Crippen molar-refractivity contribution in [3.05, 3.63) is 70.5 Å². The second-order valence-corrected chi connectivity index (χ2v) is 6.62. The Morgan fingerprint density at radius 1 is 1.29 bits per heavy atom. The van der Waals surface area contributed by atoms with Crippen molar-refractivity contribution in [2.45, 2.75) is 50.9 Å². The van der Waals surface area contributed by atoms with Crippen molar-refractivity contribution in [2.24, 2.45) is 0 Å². The number of nitrogens with one attached hydrogen (secondary N) is 1. The van der Waals surface area contributed by atoms with Crippen LogP contribution in [0.25, 0.3) is 0 Å². The standard InChI is InChI=1S/C20H23F3N2O3/c1-3-4-5-6-14(2)28-17-10-7-15(8-11-17)24-16-9-12-19(25(26)27)18(13-16)20(21,22)23/h3-6,9,12-13,15,17,24H,1,7-8,10-11H2,2H3/b5-4-,14-6+/t15-,17-. The predicted octanol–water partition coefficient (Wildman–Crippen LogP) is 6.00. The maximum atomic E-state index is 13.1. The molecule has 152 valence electrons. The molecule has 1 fully saturated rings. The Balaban J connectivity index is 1.96. The molecule has 0 atom stereocenters. The molecule has 0 unspecified atom stereocenters. The van der Waals surface area contributed by atoms with E-state index in [1.54, 1.807) is 12.2 Å². The number of rotatable bonds is 7. The normalized spacial score (nSPS) is 20.8. The van der Waals surface area contributed by atoms with Crippen molar-refractivity contribution in [3.63, 3.8) is 0 Å². The third kappa shape index (κ3) is 6.14. The Morgan fingerprint density at radius 2 is 1.96 bits per heavy atom. The summed E-state index contributed by atoms with van der Waals surface area (Å²) in [4.78, 5) is 9.82. The molecule has 8 heteroatoms. The number of nitrogens with zero attached hydrogens (tertiary/aromatic N) is 1. The summed E-state index contributed by atoms with van der Waals surface area (Å²) in [7, 11) is 0. The minimum Gasteiger partial charge on any atom is -0.495 e. The van der Waals surface area contributed by atoms with Crippen LogP contribution in [-0.2, 0) is 10.9 Å². The molecule has 5 nitrogen and oxygen atoms in total. The topological polar surface area (TPSA) is 64.4 Å². The lowest BCUT2D eigenvalue weighted by molar-refractivity contribution is -0.388. The van der Waals surface area contributed by atoms with Crippen LogP contribution < -0.4 is 5.32 Å². The molecule has 0 spiro atoms. The molecule has 1 saturated carbocycles. The van der Waals surface area contributed by atoms with Crippen LogP contribution in [-0.4, -0.2) is 17.1 Å². The van der Waals surface area contributed by atoms with Gasteiger partial charge < -0.3 is 10.1 Å². The van der Waals surface area contributed by atoms with Crippen LogP contribution in [0.2, 0.25) is 0 Å².